The van der Waals surface area contributed by atoms with Crippen molar-refractivity contribution in [3.05, 3.63) is 234 Å². The summed E-state index contributed by atoms with van der Waals surface area (Å²) in [5.74, 6) is -4.37. The van der Waals surface area contributed by atoms with Crippen molar-refractivity contribution in [2.75, 3.05) is 34.5 Å². The van der Waals surface area contributed by atoms with E-state index < -0.39 is 73.0 Å². The van der Waals surface area contributed by atoms with Crippen LogP contribution in [0.2, 0.25) is 0 Å². The van der Waals surface area contributed by atoms with Crippen LogP contribution in [0.1, 0.15) is 92.1 Å². The van der Waals surface area contributed by atoms with Crippen LogP contribution in [-0.2, 0) is 72.1 Å². The molecule has 3 fully saturated rings. The van der Waals surface area contributed by atoms with E-state index in [1.165, 1.54) is 45.3 Å². The largest absolute Gasteiger partial charge is 1.00 e. The van der Waals surface area contributed by atoms with Gasteiger partial charge in [-0.25, -0.2) is 24.0 Å². The SMILES string of the molecule is C=CCOC(=O)C(N1C(=O)[C@H](C(C)C)[C@H]1CC(=O)c1ccc(CNC(=O)OC)cc1)=P(c1ccccc1)(c1ccccc1)c1ccccc1.C=CCOC(=O)C1=C(c2ccc(CNC(=O)OC)cc2)C[C@@H]2[C@@H](C(C)C)C(=O)N12.COC(=O)NCc1ccc(C2=C(C(=O)[O-])N3C(=O)[C@H]([C@@H](C)O)[C@H]3C2)cc1.[Na+]. The molecule has 7 atom stereocenters. The van der Waals surface area contributed by atoms with Crippen molar-refractivity contribution >= 4 is 99.1 Å². The Balaban J connectivity index is 0.000000213. The summed E-state index contributed by atoms with van der Waals surface area (Å²) in [4.78, 5) is 130. The number of benzene rings is 6. The van der Waals surface area contributed by atoms with E-state index in [2.05, 4.69) is 43.3 Å². The number of β-lactam (4-membered cyclic amide) rings is 3. The first kappa shape index (κ1) is 80.5. The number of carbonyl (C=O) groups is 10. The number of fused-ring (bicyclic) bond motifs is 2. The average Bonchev–Trinajstić information content (AvgIpc) is 1.53. The molecule has 0 saturated carbocycles. The number of aliphatic carboxylic acids is 1. The van der Waals surface area contributed by atoms with Gasteiger partial charge in [-0.3, -0.25) is 19.2 Å². The van der Waals surface area contributed by atoms with Gasteiger partial charge in [0.05, 0.1) is 75.0 Å². The summed E-state index contributed by atoms with van der Waals surface area (Å²) in [6.07, 6.45) is 1.56. The first-order chi connectivity index (χ1) is 50.0. The molecule has 5 aliphatic heterocycles. The van der Waals surface area contributed by atoms with Gasteiger partial charge in [0.15, 0.2) is 5.78 Å². The molecule has 0 aromatic heterocycles. The van der Waals surface area contributed by atoms with E-state index in [0.717, 1.165) is 43.7 Å². The van der Waals surface area contributed by atoms with E-state index in [1.54, 1.807) is 58.3 Å². The molecule has 3 saturated heterocycles. The van der Waals surface area contributed by atoms with Crippen molar-refractivity contribution in [2.45, 2.75) is 97.7 Å². The van der Waals surface area contributed by atoms with Crippen LogP contribution in [0.5, 0.6) is 0 Å². The number of ketones is 1. The summed E-state index contributed by atoms with van der Waals surface area (Å²) in [5, 5.41) is 31.8. The Morgan fingerprint density at radius 3 is 1.30 bits per heavy atom. The molecular weight excluding hydrogens is 1370 g/mol. The zero-order chi connectivity index (χ0) is 75.1. The van der Waals surface area contributed by atoms with Crippen molar-refractivity contribution < 1.29 is 111 Å². The second kappa shape index (κ2) is 36.5. The third-order valence-electron chi connectivity index (χ3n) is 19.0. The molecule has 0 radical (unpaired) electrons. The number of Topliss-reactive ketones (excluding diaryl/α,β-unsaturated/α-hetero) is 1. The topological polar surface area (TPSA) is 306 Å². The minimum Gasteiger partial charge on any atom is -0.543 e. The number of esters is 2. The van der Waals surface area contributed by atoms with Crippen LogP contribution in [0.4, 0.5) is 14.4 Å². The number of nitrogens with one attached hydrogen (secondary N) is 3. The average molecular weight is 1460 g/mol. The summed E-state index contributed by atoms with van der Waals surface area (Å²) >= 11 is 0. The van der Waals surface area contributed by atoms with Crippen molar-refractivity contribution in [3.63, 3.8) is 0 Å². The first-order valence-corrected chi connectivity index (χ1v) is 35.9. The molecule has 6 amide bonds. The number of aliphatic hydroxyl groups is 1. The molecule has 0 unspecified atom stereocenters. The van der Waals surface area contributed by atoms with Crippen LogP contribution in [-0.4, -0.2) is 144 Å². The van der Waals surface area contributed by atoms with Crippen molar-refractivity contribution in [3.8, 4) is 0 Å². The number of carboxylic acid groups (broad SMARTS) is 1. The van der Waals surface area contributed by atoms with E-state index in [-0.39, 0.29) is 121 Å². The van der Waals surface area contributed by atoms with Gasteiger partial charge in [0.2, 0.25) is 17.7 Å². The zero-order valence-electron chi connectivity index (χ0n) is 60.3. The number of methoxy groups -OCH3 is 3. The van der Waals surface area contributed by atoms with Crippen molar-refractivity contribution in [1.29, 1.82) is 0 Å². The number of ether oxygens (including phenoxy) is 5. The fraction of sp³-hybridized carbons (Fsp3) is 0.312. The van der Waals surface area contributed by atoms with Crippen LogP contribution in [0.3, 0.4) is 0 Å². The summed E-state index contributed by atoms with van der Waals surface area (Å²) in [6, 6.07) is 49.9. The van der Waals surface area contributed by atoms with Gasteiger partial charge in [-0.2, -0.15) is 0 Å². The molecule has 23 nitrogen and oxygen atoms in total. The Bertz CT molecular complexity index is 4230. The molecule has 105 heavy (non-hydrogen) atoms. The van der Waals surface area contributed by atoms with E-state index in [0.29, 0.717) is 41.8 Å². The molecule has 6 aromatic carbocycles. The number of amides is 6. The van der Waals surface area contributed by atoms with Gasteiger partial charge < -0.3 is 69.3 Å². The molecule has 0 spiro atoms. The first-order valence-electron chi connectivity index (χ1n) is 34.1. The van der Waals surface area contributed by atoms with E-state index in [1.807, 2.05) is 143 Å². The predicted octanol–water partition coefficient (Wildman–Crippen LogP) is 4.94. The van der Waals surface area contributed by atoms with Gasteiger partial charge in [-0.15, -0.1) is 0 Å². The number of nitrogens with zero attached hydrogens (tertiary/aromatic N) is 3. The third-order valence-corrected chi connectivity index (χ3v) is 23.2. The number of likely N-dealkylation sites (tertiary alicyclic amines) is 1. The number of alkyl carbamates (subject to hydrolysis) is 3. The molecular formula is C80H86N6NaO17P. The van der Waals surface area contributed by atoms with E-state index in [9.17, 15) is 58.2 Å². The Labute approximate surface area is 632 Å². The van der Waals surface area contributed by atoms with Crippen LogP contribution in [0, 0.1) is 29.6 Å². The summed E-state index contributed by atoms with van der Waals surface area (Å²) in [6.45, 7) is 14.6. The van der Waals surface area contributed by atoms with Crippen molar-refractivity contribution in [2.24, 2.45) is 29.6 Å². The van der Waals surface area contributed by atoms with E-state index >= 15 is 0 Å². The van der Waals surface area contributed by atoms with Gasteiger partial charge in [0, 0.05) is 38.5 Å². The molecule has 5 aliphatic rings. The molecule has 11 rings (SSSR count). The van der Waals surface area contributed by atoms with Gasteiger partial charge in [0.1, 0.15) is 24.3 Å². The maximum atomic E-state index is 14.6. The minimum absolute atomic E-state index is 0. The molecule has 5 heterocycles. The Morgan fingerprint density at radius 1 is 0.533 bits per heavy atom. The van der Waals surface area contributed by atoms with Gasteiger partial charge >= 0.3 is 59.8 Å². The number of hydrogen-bond acceptors (Lipinski definition) is 17. The quantitative estimate of drug-likeness (QED) is 0.0112. The molecule has 544 valence electrons. The maximum Gasteiger partial charge on any atom is 1.00 e. The number of carboxylic acids is 1. The monoisotopic (exact) mass is 1460 g/mol. The fourth-order valence-corrected chi connectivity index (χ4v) is 18.5. The Hall–Kier alpha value is -10.2. The smallest absolute Gasteiger partial charge is 0.543 e. The predicted molar refractivity (Wildman–Crippen MR) is 390 cm³/mol. The van der Waals surface area contributed by atoms with Crippen LogP contribution in [0.15, 0.2) is 200 Å². The number of hydrogen-bond donors (Lipinski definition) is 4. The minimum atomic E-state index is -3.10. The molecule has 0 aliphatic carbocycles. The standard InChI is InChI=1S/C40H41N2O6P.C22H26N2O5.C18H20N2O6.Na/c1-5-25-48-39(45)38(49(31-15-9-6-10-16-31,32-17-11-7-12-18-32)33-19-13-8-14-20-33)42-34(36(28(2)3)37(42)44)26-35(43)30-23-21-29(22-24-30)27-41-40(46)47-4;1-5-10-29-21(26)19-16(11-17-18(13(2)3)20(25)24(17)19)15-8-6-14(7-9-15)12-23-22(27)28-4;1-9(21)14-13-7-12(15(17(23)24)20(13)16(14)22)11-5-3-10(4-6-11)8-19-18(25)26-2;/h5-24,28,34,36H,1,25-27H2,2-4H3,(H,41,46);5-9,13,17-18H,1,10-12H2,2-4H3,(H,23,27);3-6,9,13-14,21H,7-8H2,1-2H3,(H,19,25)(H,23,24);/q;;;+1/p-1/t34-,36-;17-,18-;9-,13-,14-;/m111./s1. The van der Waals surface area contributed by atoms with Crippen LogP contribution in [0.25, 0.3) is 11.1 Å². The van der Waals surface area contributed by atoms with E-state index in [4.69, 9.17) is 9.47 Å². The molecule has 6 aromatic rings. The van der Waals surface area contributed by atoms with Gasteiger partial charge in [0.25, 0.3) is 0 Å². The summed E-state index contributed by atoms with van der Waals surface area (Å²) < 4.78 is 24.8. The zero-order valence-corrected chi connectivity index (χ0v) is 63.2. The third kappa shape index (κ3) is 17.5. The van der Waals surface area contributed by atoms with Crippen molar-refractivity contribution in [1.82, 2.24) is 30.7 Å². The summed E-state index contributed by atoms with van der Waals surface area (Å²) in [7, 11) is 3.88. The van der Waals surface area contributed by atoms with Crippen LogP contribution >= 0.6 is 6.89 Å². The fourth-order valence-electron chi connectivity index (χ4n) is 14.1. The van der Waals surface area contributed by atoms with Gasteiger partial charge in [-0.05, 0) is 86.5 Å². The molecule has 4 N–H and O–H groups in total. The number of rotatable bonds is 25. The van der Waals surface area contributed by atoms with Crippen LogP contribution < -0.4 is 66.5 Å². The maximum absolute atomic E-state index is 14.6. The Kier molecular flexibility index (Phi) is 28.0. The normalized spacial score (nSPS) is 18.5. The molecule has 25 heteroatoms. The Morgan fingerprint density at radius 2 is 0.914 bits per heavy atom. The summed E-state index contributed by atoms with van der Waals surface area (Å²) in [5.41, 5.74) is 6.27. The second-order valence-corrected chi connectivity index (χ2v) is 29.3. The molecule has 0 bridgehead atoms. The number of aliphatic hydroxyl groups excluding tert-OH is 1. The second-order valence-electron chi connectivity index (χ2n) is 26.0. The van der Waals surface area contributed by atoms with Gasteiger partial charge in [-0.1, -0.05) is 217 Å². The number of carbonyl (C=O) groups excluding carboxylic acids is 10.